The fourth-order valence-electron chi connectivity index (χ4n) is 5.78. The van der Waals surface area contributed by atoms with Gasteiger partial charge in [0, 0.05) is 55.2 Å². The van der Waals surface area contributed by atoms with Gasteiger partial charge in [-0.05, 0) is 67.8 Å². The van der Waals surface area contributed by atoms with Gasteiger partial charge >= 0.3 is 0 Å². The number of piperidine rings is 1. The Morgan fingerprint density at radius 2 is 1.95 bits per heavy atom. The quantitative estimate of drug-likeness (QED) is 0.543. The van der Waals surface area contributed by atoms with Crippen molar-refractivity contribution in [2.75, 3.05) is 6.54 Å². The summed E-state index contributed by atoms with van der Waals surface area (Å²) in [5.41, 5.74) is 4.75. The van der Waals surface area contributed by atoms with Crippen molar-refractivity contribution in [1.29, 1.82) is 0 Å². The van der Waals surface area contributed by atoms with Crippen LogP contribution in [0.2, 0.25) is 0 Å². The Hall–Kier alpha value is -3.78. The van der Waals surface area contributed by atoms with Crippen LogP contribution in [0.15, 0.2) is 48.5 Å². The van der Waals surface area contributed by atoms with Gasteiger partial charge in [-0.15, -0.1) is 0 Å². The molecular formula is C29H30N4O4. The summed E-state index contributed by atoms with van der Waals surface area (Å²) in [4.78, 5) is 45.3. The molecule has 2 saturated heterocycles. The molecule has 37 heavy (non-hydrogen) atoms. The van der Waals surface area contributed by atoms with Crippen molar-refractivity contribution < 1.29 is 19.1 Å². The monoisotopic (exact) mass is 498 g/mol. The summed E-state index contributed by atoms with van der Waals surface area (Å²) in [7, 11) is 0. The predicted molar refractivity (Wildman–Crippen MR) is 138 cm³/mol. The molecule has 3 aromatic rings. The number of pyridine rings is 1. The molecule has 0 bridgehead atoms. The van der Waals surface area contributed by atoms with Crippen molar-refractivity contribution in [1.82, 2.24) is 20.1 Å². The third-order valence-electron chi connectivity index (χ3n) is 7.74. The lowest BCUT2D eigenvalue weighted by Gasteiger charge is -2.29. The van der Waals surface area contributed by atoms with Gasteiger partial charge in [0.2, 0.25) is 11.8 Å². The van der Waals surface area contributed by atoms with Crippen LogP contribution in [-0.2, 0) is 22.7 Å². The smallest absolute Gasteiger partial charge is 0.255 e. The number of carbonyl (C=O) groups is 3. The van der Waals surface area contributed by atoms with E-state index in [1.807, 2.05) is 25.1 Å². The summed E-state index contributed by atoms with van der Waals surface area (Å²) in [6, 6.07) is 16.0. The summed E-state index contributed by atoms with van der Waals surface area (Å²) in [5, 5.41) is 3.50. The highest BCUT2D eigenvalue weighted by Crippen LogP contribution is 2.32. The van der Waals surface area contributed by atoms with E-state index in [9.17, 15) is 14.4 Å². The number of ether oxygens (including phenoxy) is 1. The summed E-state index contributed by atoms with van der Waals surface area (Å²) in [6.45, 7) is 6.26. The minimum atomic E-state index is -0.610. The largest absolute Gasteiger partial charge is 0.489 e. The molecule has 0 radical (unpaired) electrons. The number of carbonyl (C=O) groups excluding carboxylic acids is 3. The minimum Gasteiger partial charge on any atom is -0.489 e. The van der Waals surface area contributed by atoms with Crippen LogP contribution in [0.5, 0.6) is 5.75 Å². The van der Waals surface area contributed by atoms with Crippen molar-refractivity contribution in [3.8, 4) is 5.75 Å². The number of aromatic nitrogens is 1. The molecule has 2 fully saturated rings. The lowest BCUT2D eigenvalue weighted by molar-refractivity contribution is -0.136. The molecule has 6 rings (SSSR count). The normalized spacial score (nSPS) is 24.0. The molecule has 0 aliphatic carbocycles. The first-order valence-electron chi connectivity index (χ1n) is 12.9. The van der Waals surface area contributed by atoms with Crippen LogP contribution in [0, 0.1) is 6.92 Å². The number of imide groups is 1. The van der Waals surface area contributed by atoms with Crippen LogP contribution in [0.1, 0.15) is 53.4 Å². The maximum Gasteiger partial charge on any atom is 0.255 e. The maximum atomic E-state index is 12.9. The lowest BCUT2D eigenvalue weighted by atomic mass is 10.0. The zero-order valence-corrected chi connectivity index (χ0v) is 21.1. The first kappa shape index (κ1) is 23.6. The second-order valence-corrected chi connectivity index (χ2v) is 10.5. The molecule has 0 spiro atoms. The van der Waals surface area contributed by atoms with Crippen molar-refractivity contribution in [3.63, 3.8) is 0 Å². The van der Waals surface area contributed by atoms with Crippen LogP contribution >= 0.6 is 0 Å². The van der Waals surface area contributed by atoms with Gasteiger partial charge < -0.3 is 9.64 Å². The topological polar surface area (TPSA) is 91.8 Å². The van der Waals surface area contributed by atoms with Gasteiger partial charge in [-0.3, -0.25) is 29.6 Å². The molecule has 3 amide bonds. The predicted octanol–water partition coefficient (Wildman–Crippen LogP) is 3.35. The van der Waals surface area contributed by atoms with E-state index >= 15 is 0 Å². The number of fused-ring (bicyclic) bond motifs is 2. The molecule has 2 aromatic carbocycles. The second kappa shape index (κ2) is 9.27. The number of hydrogen-bond acceptors (Lipinski definition) is 6. The second-order valence-electron chi connectivity index (χ2n) is 10.5. The molecule has 8 heteroatoms. The molecular weight excluding hydrogens is 468 g/mol. The van der Waals surface area contributed by atoms with Crippen LogP contribution in [0.3, 0.4) is 0 Å². The van der Waals surface area contributed by atoms with Gasteiger partial charge in [0.05, 0.1) is 5.52 Å². The molecule has 190 valence electrons. The third kappa shape index (κ3) is 4.57. The van der Waals surface area contributed by atoms with Crippen molar-refractivity contribution in [2.24, 2.45) is 0 Å². The Morgan fingerprint density at radius 1 is 1.08 bits per heavy atom. The van der Waals surface area contributed by atoms with Crippen molar-refractivity contribution >= 4 is 28.6 Å². The molecule has 3 aliphatic rings. The highest BCUT2D eigenvalue weighted by Gasteiger charge is 2.39. The van der Waals surface area contributed by atoms with E-state index in [-0.39, 0.29) is 24.3 Å². The molecule has 1 N–H and O–H groups in total. The lowest BCUT2D eigenvalue weighted by Crippen LogP contribution is -2.52. The SMILES string of the molecule is Cc1ccc2cc(CN3C[C@@H](Oc4ccc5c(c4)CN(C4CCC(=O)NC4=O)C5=O)C[C@@H]3C)ccc2n1. The zero-order valence-electron chi connectivity index (χ0n) is 21.1. The highest BCUT2D eigenvalue weighted by molar-refractivity contribution is 6.05. The average molecular weight is 499 g/mol. The number of rotatable bonds is 5. The third-order valence-corrected chi connectivity index (χ3v) is 7.74. The summed E-state index contributed by atoms with van der Waals surface area (Å²) in [5.74, 6) is -0.110. The van der Waals surface area contributed by atoms with Gasteiger partial charge in [0.15, 0.2) is 0 Å². The fourth-order valence-corrected chi connectivity index (χ4v) is 5.78. The van der Waals surface area contributed by atoms with E-state index < -0.39 is 11.9 Å². The number of nitrogens with zero attached hydrogens (tertiary/aromatic N) is 3. The molecule has 4 heterocycles. The molecule has 8 nitrogen and oxygen atoms in total. The van der Waals surface area contributed by atoms with Gasteiger partial charge in [-0.2, -0.15) is 0 Å². The number of amides is 3. The zero-order chi connectivity index (χ0) is 25.7. The molecule has 1 aromatic heterocycles. The van der Waals surface area contributed by atoms with E-state index in [0.717, 1.165) is 47.4 Å². The van der Waals surface area contributed by atoms with E-state index in [1.54, 1.807) is 11.0 Å². The van der Waals surface area contributed by atoms with Crippen LogP contribution in [0.25, 0.3) is 10.9 Å². The summed E-state index contributed by atoms with van der Waals surface area (Å²) < 4.78 is 6.37. The number of nitrogens with one attached hydrogen (secondary N) is 1. The molecule has 1 unspecified atom stereocenters. The number of likely N-dealkylation sites (tertiary alicyclic amines) is 1. The van der Waals surface area contributed by atoms with Crippen molar-refractivity contribution in [2.45, 2.75) is 64.4 Å². The minimum absolute atomic E-state index is 0.0566. The standard InChI is InChI=1S/C29H30N4O4/c1-17-3-5-20-12-19(4-8-25(20)30-17)14-32-16-23(11-18(32)2)37-22-6-7-24-21(13-22)15-33(29(24)36)26-9-10-27(34)31-28(26)35/h3-8,12-13,18,23,26H,9-11,14-16H2,1-2H3,(H,31,34,35)/t18-,23-,26?/m0/s1. The van der Waals surface area contributed by atoms with Gasteiger partial charge in [0.25, 0.3) is 5.91 Å². The van der Waals surface area contributed by atoms with Gasteiger partial charge in [0.1, 0.15) is 17.9 Å². The van der Waals surface area contributed by atoms with Crippen LogP contribution in [-0.4, -0.2) is 57.2 Å². The first-order chi connectivity index (χ1) is 17.8. The van der Waals surface area contributed by atoms with E-state index in [1.165, 1.54) is 5.56 Å². The molecule has 3 aliphatic heterocycles. The first-order valence-corrected chi connectivity index (χ1v) is 12.9. The van der Waals surface area contributed by atoms with Crippen molar-refractivity contribution in [3.05, 3.63) is 70.9 Å². The fraction of sp³-hybridized carbons (Fsp3) is 0.379. The molecule has 0 saturated carbocycles. The molecule has 3 atom stereocenters. The van der Waals surface area contributed by atoms with E-state index in [0.29, 0.717) is 24.6 Å². The summed E-state index contributed by atoms with van der Waals surface area (Å²) in [6.07, 6.45) is 1.59. The van der Waals surface area contributed by atoms with Crippen LogP contribution in [0.4, 0.5) is 0 Å². The number of hydrogen-bond donors (Lipinski definition) is 1. The van der Waals surface area contributed by atoms with E-state index in [4.69, 9.17) is 4.74 Å². The Bertz CT molecular complexity index is 1420. The highest BCUT2D eigenvalue weighted by atomic mass is 16.5. The Kier molecular flexibility index (Phi) is 5.91. The Balaban J connectivity index is 1.10. The Labute approximate surface area is 215 Å². The maximum absolute atomic E-state index is 12.9. The summed E-state index contributed by atoms with van der Waals surface area (Å²) >= 11 is 0. The van der Waals surface area contributed by atoms with Crippen LogP contribution < -0.4 is 10.1 Å². The van der Waals surface area contributed by atoms with E-state index in [2.05, 4.69) is 46.4 Å². The Morgan fingerprint density at radius 3 is 2.78 bits per heavy atom. The van der Waals surface area contributed by atoms with Gasteiger partial charge in [-0.1, -0.05) is 12.1 Å². The average Bonchev–Trinajstić information content (AvgIpc) is 3.37. The number of benzene rings is 2. The number of aryl methyl sites for hydroxylation is 1. The van der Waals surface area contributed by atoms with Gasteiger partial charge in [-0.25, -0.2) is 0 Å².